The van der Waals surface area contributed by atoms with Crippen molar-refractivity contribution in [1.29, 1.82) is 0 Å². The van der Waals surface area contributed by atoms with Crippen LogP contribution in [0.15, 0.2) is 64.1 Å². The van der Waals surface area contributed by atoms with Crippen LogP contribution in [0.3, 0.4) is 0 Å². The number of nitrogens with zero attached hydrogens (tertiary/aromatic N) is 4. The van der Waals surface area contributed by atoms with E-state index in [9.17, 15) is 9.59 Å². The fourth-order valence-electron chi connectivity index (χ4n) is 3.37. The Morgan fingerprint density at radius 2 is 1.79 bits per heavy atom. The van der Waals surface area contributed by atoms with Gasteiger partial charge in [-0.25, -0.2) is 4.68 Å². The van der Waals surface area contributed by atoms with Crippen LogP contribution in [0, 0.1) is 0 Å². The van der Waals surface area contributed by atoms with Gasteiger partial charge in [-0.2, -0.15) is 10.1 Å². The molecular formula is C24H24N6O3S. The number of thioether (sulfide) groups is 1. The van der Waals surface area contributed by atoms with E-state index in [1.165, 1.54) is 28.9 Å². The lowest BCUT2D eigenvalue weighted by Gasteiger charge is -2.10. The van der Waals surface area contributed by atoms with Crippen molar-refractivity contribution >= 4 is 35.1 Å². The highest BCUT2D eigenvalue weighted by atomic mass is 32.2. The third kappa shape index (κ3) is 5.18. The summed E-state index contributed by atoms with van der Waals surface area (Å²) in [5.41, 5.74) is 3.13. The van der Waals surface area contributed by atoms with Gasteiger partial charge in [0.05, 0.1) is 0 Å². The van der Waals surface area contributed by atoms with E-state index < -0.39 is 0 Å². The standard InChI is InChI=1S/C24H24N6O3S/c1-4-16-10-12-18(13-11-16)26-19(32)14-30-22(25-15(2)31)20(24(28-30)34-3)23-27-21(29-33-23)17-8-6-5-7-9-17/h5-13H,4,14H2,1-3H3,(H,25,31)(H,26,32). The zero-order valence-electron chi connectivity index (χ0n) is 19.0. The van der Waals surface area contributed by atoms with Gasteiger partial charge in [0.15, 0.2) is 0 Å². The van der Waals surface area contributed by atoms with Crippen LogP contribution in [0.1, 0.15) is 19.4 Å². The van der Waals surface area contributed by atoms with Gasteiger partial charge in [-0.3, -0.25) is 9.59 Å². The molecule has 174 valence electrons. The number of aryl methyl sites for hydroxylation is 1. The highest BCUT2D eigenvalue weighted by Gasteiger charge is 2.26. The van der Waals surface area contributed by atoms with Crippen molar-refractivity contribution in [3.05, 3.63) is 60.2 Å². The zero-order valence-corrected chi connectivity index (χ0v) is 19.8. The van der Waals surface area contributed by atoms with Crippen molar-refractivity contribution < 1.29 is 14.1 Å². The average Bonchev–Trinajstić information content (AvgIpc) is 3.45. The molecule has 2 N–H and O–H groups in total. The van der Waals surface area contributed by atoms with E-state index in [4.69, 9.17) is 4.52 Å². The minimum Gasteiger partial charge on any atom is -0.333 e. The molecule has 0 radical (unpaired) electrons. The lowest BCUT2D eigenvalue weighted by molar-refractivity contribution is -0.117. The maximum absolute atomic E-state index is 12.8. The molecule has 2 amide bonds. The molecule has 0 bridgehead atoms. The van der Waals surface area contributed by atoms with Crippen LogP contribution >= 0.6 is 11.8 Å². The second kappa shape index (κ2) is 10.3. The molecule has 0 atom stereocenters. The summed E-state index contributed by atoms with van der Waals surface area (Å²) in [5.74, 6) is 0.337. The molecule has 4 aromatic rings. The summed E-state index contributed by atoms with van der Waals surface area (Å²) in [6, 6.07) is 17.1. The molecule has 0 fully saturated rings. The quantitative estimate of drug-likeness (QED) is 0.360. The summed E-state index contributed by atoms with van der Waals surface area (Å²) < 4.78 is 6.96. The number of carbonyl (C=O) groups excluding carboxylic acids is 2. The highest BCUT2D eigenvalue weighted by molar-refractivity contribution is 7.98. The number of hydrogen-bond donors (Lipinski definition) is 2. The normalized spacial score (nSPS) is 10.8. The molecule has 0 saturated heterocycles. The number of benzene rings is 2. The second-order valence-corrected chi connectivity index (χ2v) is 8.25. The van der Waals surface area contributed by atoms with Crippen LogP contribution in [-0.2, 0) is 22.6 Å². The molecule has 0 aliphatic rings. The molecule has 0 aliphatic carbocycles. The topological polar surface area (TPSA) is 115 Å². The van der Waals surface area contributed by atoms with E-state index >= 15 is 0 Å². The van der Waals surface area contributed by atoms with E-state index in [0.29, 0.717) is 27.9 Å². The summed E-state index contributed by atoms with van der Waals surface area (Å²) in [6.45, 7) is 3.35. The summed E-state index contributed by atoms with van der Waals surface area (Å²) >= 11 is 1.35. The van der Waals surface area contributed by atoms with Gasteiger partial charge in [0.1, 0.15) is 23.0 Å². The monoisotopic (exact) mass is 476 g/mol. The minimum atomic E-state index is -0.312. The number of aromatic nitrogens is 4. The van der Waals surface area contributed by atoms with E-state index in [1.54, 1.807) is 0 Å². The van der Waals surface area contributed by atoms with Crippen molar-refractivity contribution in [2.75, 3.05) is 16.9 Å². The fraction of sp³-hybridized carbons (Fsp3) is 0.208. The number of amides is 2. The van der Waals surface area contributed by atoms with Gasteiger partial charge in [0.2, 0.25) is 17.6 Å². The van der Waals surface area contributed by atoms with E-state index in [-0.39, 0.29) is 24.2 Å². The third-order valence-corrected chi connectivity index (χ3v) is 5.69. The van der Waals surface area contributed by atoms with Gasteiger partial charge in [0.25, 0.3) is 5.89 Å². The third-order valence-electron chi connectivity index (χ3n) is 5.02. The first-order valence-electron chi connectivity index (χ1n) is 10.7. The summed E-state index contributed by atoms with van der Waals surface area (Å²) in [5, 5.41) is 14.8. The van der Waals surface area contributed by atoms with Gasteiger partial charge >= 0.3 is 0 Å². The Labute approximate surface area is 200 Å². The molecule has 0 saturated carbocycles. The molecule has 2 aromatic heterocycles. The Morgan fingerprint density at radius 1 is 1.06 bits per heavy atom. The van der Waals surface area contributed by atoms with Crippen LogP contribution in [0.4, 0.5) is 11.5 Å². The molecule has 0 aliphatic heterocycles. The average molecular weight is 477 g/mol. The maximum Gasteiger partial charge on any atom is 0.264 e. The van der Waals surface area contributed by atoms with Crippen molar-refractivity contribution in [1.82, 2.24) is 19.9 Å². The van der Waals surface area contributed by atoms with Gasteiger partial charge in [-0.05, 0) is 30.4 Å². The molecule has 34 heavy (non-hydrogen) atoms. The van der Waals surface area contributed by atoms with E-state index in [0.717, 1.165) is 12.0 Å². The summed E-state index contributed by atoms with van der Waals surface area (Å²) in [7, 11) is 0. The molecule has 0 unspecified atom stereocenters. The minimum absolute atomic E-state index is 0.113. The Balaban J connectivity index is 1.65. The van der Waals surface area contributed by atoms with Crippen LogP contribution in [0.5, 0.6) is 0 Å². The first-order chi connectivity index (χ1) is 16.5. The van der Waals surface area contributed by atoms with Crippen LogP contribution in [0.2, 0.25) is 0 Å². The van der Waals surface area contributed by atoms with Crippen molar-refractivity contribution in [2.45, 2.75) is 31.8 Å². The highest BCUT2D eigenvalue weighted by Crippen LogP contribution is 2.36. The molecule has 4 rings (SSSR count). The largest absolute Gasteiger partial charge is 0.333 e. The molecule has 10 heteroatoms. The van der Waals surface area contributed by atoms with Gasteiger partial charge in [-0.15, -0.1) is 11.8 Å². The van der Waals surface area contributed by atoms with Crippen molar-refractivity contribution in [2.24, 2.45) is 0 Å². The lowest BCUT2D eigenvalue weighted by atomic mass is 10.1. The lowest BCUT2D eigenvalue weighted by Crippen LogP contribution is -2.22. The molecule has 2 aromatic carbocycles. The first-order valence-corrected chi connectivity index (χ1v) is 11.9. The summed E-state index contributed by atoms with van der Waals surface area (Å²) in [4.78, 5) is 29.3. The van der Waals surface area contributed by atoms with Crippen molar-refractivity contribution in [3.8, 4) is 22.8 Å². The van der Waals surface area contributed by atoms with Crippen LogP contribution < -0.4 is 10.6 Å². The van der Waals surface area contributed by atoms with Crippen LogP contribution in [0.25, 0.3) is 22.8 Å². The first kappa shape index (κ1) is 23.2. The molecular weight excluding hydrogens is 452 g/mol. The van der Waals surface area contributed by atoms with Gasteiger partial charge < -0.3 is 15.2 Å². The molecule has 0 spiro atoms. The number of anilines is 2. The van der Waals surface area contributed by atoms with Gasteiger partial charge in [0, 0.05) is 18.2 Å². The Kier molecular flexibility index (Phi) is 7.07. The zero-order chi connectivity index (χ0) is 24.1. The second-order valence-electron chi connectivity index (χ2n) is 7.46. The predicted octanol–water partition coefficient (Wildman–Crippen LogP) is 4.48. The van der Waals surface area contributed by atoms with Gasteiger partial charge in [-0.1, -0.05) is 54.5 Å². The Hall–Kier alpha value is -3.92. The molecule has 2 heterocycles. The summed E-state index contributed by atoms with van der Waals surface area (Å²) in [6.07, 6.45) is 2.76. The number of carbonyl (C=O) groups is 2. The SMILES string of the molecule is CCc1ccc(NC(=O)Cn2nc(SC)c(-c3nc(-c4ccccc4)no3)c2NC(C)=O)cc1. The predicted molar refractivity (Wildman–Crippen MR) is 131 cm³/mol. The van der Waals surface area contributed by atoms with Crippen LogP contribution in [-0.4, -0.2) is 38.0 Å². The number of hydrogen-bond acceptors (Lipinski definition) is 7. The van der Waals surface area contributed by atoms with Crippen molar-refractivity contribution in [3.63, 3.8) is 0 Å². The Morgan fingerprint density at radius 3 is 2.44 bits per heavy atom. The fourth-order valence-corrected chi connectivity index (χ4v) is 3.94. The maximum atomic E-state index is 12.8. The van der Waals surface area contributed by atoms with E-state index in [2.05, 4.69) is 32.8 Å². The smallest absolute Gasteiger partial charge is 0.264 e. The Bertz CT molecular complexity index is 1300. The number of nitrogens with one attached hydrogen (secondary N) is 2. The molecule has 9 nitrogen and oxygen atoms in total. The van der Waals surface area contributed by atoms with E-state index in [1.807, 2.05) is 60.9 Å². The number of rotatable bonds is 8.